The van der Waals surface area contributed by atoms with Gasteiger partial charge in [0.1, 0.15) is 11.6 Å². The minimum absolute atomic E-state index is 0.0482. The third-order valence-electron chi connectivity index (χ3n) is 8.00. The molecule has 1 aliphatic rings. The van der Waals surface area contributed by atoms with E-state index >= 15 is 0 Å². The van der Waals surface area contributed by atoms with Crippen LogP contribution < -0.4 is 20.4 Å². The molecule has 0 bridgehead atoms. The third-order valence-corrected chi connectivity index (χ3v) is 8.00. The van der Waals surface area contributed by atoms with E-state index in [1.165, 1.54) is 4.90 Å². The molecule has 11 heteroatoms. The molecule has 250 valence electrons. The number of nitrogens with zero attached hydrogens (tertiary/aromatic N) is 2. The first-order valence-corrected chi connectivity index (χ1v) is 15.9. The lowest BCUT2D eigenvalue weighted by atomic mass is 9.99. The molecule has 0 saturated carbocycles. The molecule has 0 radical (unpaired) electrons. The molecule has 47 heavy (non-hydrogen) atoms. The zero-order chi connectivity index (χ0) is 34.3. The Balaban J connectivity index is 1.66. The van der Waals surface area contributed by atoms with Crippen LogP contribution in [0, 0.1) is 6.92 Å². The lowest BCUT2D eigenvalue weighted by molar-refractivity contribution is -0.153. The first-order valence-electron chi connectivity index (χ1n) is 15.9. The molecule has 1 heterocycles. The number of nitrogens with one attached hydrogen (secondary N) is 2. The monoisotopic (exact) mass is 644 g/mol. The van der Waals surface area contributed by atoms with Crippen LogP contribution in [0.4, 0.5) is 11.4 Å². The van der Waals surface area contributed by atoms with Crippen LogP contribution in [0.3, 0.4) is 0 Å². The van der Waals surface area contributed by atoms with Crippen molar-refractivity contribution in [3.63, 3.8) is 0 Å². The summed E-state index contributed by atoms with van der Waals surface area (Å²) in [4.78, 5) is 68.0. The molecule has 3 aromatic rings. The maximum atomic E-state index is 14.5. The van der Waals surface area contributed by atoms with Gasteiger partial charge in [0, 0.05) is 12.8 Å². The van der Waals surface area contributed by atoms with Crippen molar-refractivity contribution in [1.82, 2.24) is 10.6 Å². The standard InChI is InChI=1S/C36H44N4O7/c1-23-18-19-25-12-6-7-13-26(25)27(23)21-40-30-15-9-8-14-29(30)39(31(41)16-10-11-17-32(42)43)22-28(35(40)46)38-34(45)24(2)37-20-33(44)47-36(3,4)5/h6-9,12-15,18-19,24,28,37H,10-11,16-17,20-22H2,1-5H3,(H,38,45)(H,42,43)/t24-,28-/m0/s1. The van der Waals surface area contributed by atoms with Crippen molar-refractivity contribution in [2.75, 3.05) is 22.9 Å². The first-order chi connectivity index (χ1) is 22.2. The molecule has 11 nitrogen and oxygen atoms in total. The van der Waals surface area contributed by atoms with Crippen molar-refractivity contribution in [3.8, 4) is 0 Å². The number of carboxylic acid groups (broad SMARTS) is 1. The van der Waals surface area contributed by atoms with E-state index in [2.05, 4.69) is 10.6 Å². The number of rotatable bonds is 12. The average molecular weight is 645 g/mol. The Morgan fingerprint density at radius 3 is 2.32 bits per heavy atom. The van der Waals surface area contributed by atoms with E-state index in [4.69, 9.17) is 9.84 Å². The Bertz CT molecular complexity index is 1650. The number of aryl methyl sites for hydroxylation is 1. The number of benzene rings is 3. The van der Waals surface area contributed by atoms with E-state index in [-0.39, 0.29) is 38.4 Å². The number of anilines is 2. The second-order valence-corrected chi connectivity index (χ2v) is 12.9. The van der Waals surface area contributed by atoms with Gasteiger partial charge in [-0.3, -0.25) is 29.3 Å². The van der Waals surface area contributed by atoms with Crippen LogP contribution in [0.5, 0.6) is 0 Å². The molecule has 2 atom stereocenters. The van der Waals surface area contributed by atoms with Crippen LogP contribution in [0.1, 0.15) is 64.5 Å². The number of aliphatic carboxylic acids is 1. The van der Waals surface area contributed by atoms with Gasteiger partial charge in [-0.1, -0.05) is 48.5 Å². The van der Waals surface area contributed by atoms with Gasteiger partial charge in [0.25, 0.3) is 5.91 Å². The van der Waals surface area contributed by atoms with Gasteiger partial charge in [-0.15, -0.1) is 0 Å². The number of para-hydroxylation sites is 2. The Labute approximate surface area is 275 Å². The Kier molecular flexibility index (Phi) is 11.4. The number of fused-ring (bicyclic) bond motifs is 2. The summed E-state index contributed by atoms with van der Waals surface area (Å²) in [6, 6.07) is 17.1. The second kappa shape index (κ2) is 15.2. The van der Waals surface area contributed by atoms with Crippen LogP contribution in [0.2, 0.25) is 0 Å². The predicted octanol–water partition coefficient (Wildman–Crippen LogP) is 4.48. The number of carboxylic acids is 1. The van der Waals surface area contributed by atoms with Crippen LogP contribution >= 0.6 is 0 Å². The van der Waals surface area contributed by atoms with Gasteiger partial charge < -0.3 is 25.0 Å². The van der Waals surface area contributed by atoms with Crippen molar-refractivity contribution in [1.29, 1.82) is 0 Å². The minimum atomic E-state index is -1.11. The number of esters is 1. The van der Waals surface area contributed by atoms with Crippen molar-refractivity contribution in [2.24, 2.45) is 0 Å². The summed E-state index contributed by atoms with van der Waals surface area (Å²) >= 11 is 0. The Morgan fingerprint density at radius 2 is 1.62 bits per heavy atom. The fraction of sp³-hybridized carbons (Fsp3) is 0.417. The molecule has 3 amide bonds. The molecular formula is C36H44N4O7. The molecule has 1 aliphatic heterocycles. The van der Waals surface area contributed by atoms with Gasteiger partial charge in [-0.25, -0.2) is 0 Å². The molecule has 0 spiro atoms. The lowest BCUT2D eigenvalue weighted by Gasteiger charge is -2.27. The maximum absolute atomic E-state index is 14.5. The van der Waals surface area contributed by atoms with E-state index < -0.39 is 41.4 Å². The zero-order valence-corrected chi connectivity index (χ0v) is 27.7. The summed E-state index contributed by atoms with van der Waals surface area (Å²) in [5.74, 6) is -2.64. The molecular weight excluding hydrogens is 600 g/mol. The summed E-state index contributed by atoms with van der Waals surface area (Å²) in [6.45, 7) is 8.69. The fourth-order valence-corrected chi connectivity index (χ4v) is 5.60. The average Bonchev–Trinajstić information content (AvgIpc) is 3.12. The van der Waals surface area contributed by atoms with Crippen LogP contribution in [0.15, 0.2) is 60.7 Å². The normalized spacial score (nSPS) is 15.5. The van der Waals surface area contributed by atoms with E-state index in [9.17, 15) is 24.0 Å². The van der Waals surface area contributed by atoms with Gasteiger partial charge in [-0.05, 0) is 81.5 Å². The maximum Gasteiger partial charge on any atom is 0.320 e. The Hall–Kier alpha value is -4.77. The quantitative estimate of drug-likeness (QED) is 0.193. The van der Waals surface area contributed by atoms with E-state index in [0.717, 1.165) is 21.9 Å². The number of carbonyl (C=O) groups excluding carboxylic acids is 4. The number of hydrogen-bond acceptors (Lipinski definition) is 7. The second-order valence-electron chi connectivity index (χ2n) is 12.9. The van der Waals surface area contributed by atoms with Crippen LogP contribution in [-0.2, 0) is 35.3 Å². The van der Waals surface area contributed by atoms with E-state index in [1.807, 2.05) is 43.3 Å². The minimum Gasteiger partial charge on any atom is -0.481 e. The smallest absolute Gasteiger partial charge is 0.320 e. The van der Waals surface area contributed by atoms with Gasteiger partial charge in [-0.2, -0.15) is 0 Å². The predicted molar refractivity (Wildman–Crippen MR) is 180 cm³/mol. The highest BCUT2D eigenvalue weighted by molar-refractivity contribution is 6.08. The molecule has 0 aliphatic carbocycles. The molecule has 0 fully saturated rings. The highest BCUT2D eigenvalue weighted by atomic mass is 16.6. The molecule has 0 aromatic heterocycles. The van der Waals surface area contributed by atoms with Gasteiger partial charge >= 0.3 is 11.9 Å². The summed E-state index contributed by atoms with van der Waals surface area (Å²) in [5.41, 5.74) is 2.30. The van der Waals surface area contributed by atoms with Crippen molar-refractivity contribution < 1.29 is 33.8 Å². The largest absolute Gasteiger partial charge is 0.481 e. The number of amides is 3. The molecule has 3 aromatic carbocycles. The molecule has 0 saturated heterocycles. The van der Waals surface area contributed by atoms with Crippen LogP contribution in [0.25, 0.3) is 10.8 Å². The third kappa shape index (κ3) is 9.16. The topological polar surface area (TPSA) is 145 Å². The number of unbranched alkanes of at least 4 members (excludes halogenated alkanes) is 1. The van der Waals surface area contributed by atoms with Crippen molar-refractivity contribution >= 4 is 51.8 Å². The summed E-state index contributed by atoms with van der Waals surface area (Å²) in [6.07, 6.45) is 0.725. The van der Waals surface area contributed by atoms with Gasteiger partial charge in [0.05, 0.1) is 37.1 Å². The van der Waals surface area contributed by atoms with Crippen molar-refractivity contribution in [3.05, 3.63) is 71.8 Å². The summed E-state index contributed by atoms with van der Waals surface area (Å²) in [7, 11) is 0. The number of hydrogen-bond donors (Lipinski definition) is 3. The van der Waals surface area contributed by atoms with Crippen LogP contribution in [-0.4, -0.2) is 65.5 Å². The zero-order valence-electron chi connectivity index (χ0n) is 27.7. The lowest BCUT2D eigenvalue weighted by Crippen LogP contribution is -2.56. The molecule has 4 rings (SSSR count). The SMILES string of the molecule is Cc1ccc2ccccc2c1CN1C(=O)[C@@H](NC(=O)[C@H](C)NCC(=O)OC(C)(C)C)CN(C(=O)CCCCC(=O)O)c2ccccc21. The highest BCUT2D eigenvalue weighted by Gasteiger charge is 2.37. The fourth-order valence-electron chi connectivity index (χ4n) is 5.60. The summed E-state index contributed by atoms with van der Waals surface area (Å²) < 4.78 is 5.32. The van der Waals surface area contributed by atoms with Crippen molar-refractivity contribution in [2.45, 2.75) is 84.5 Å². The number of carbonyl (C=O) groups is 5. The van der Waals surface area contributed by atoms with E-state index in [1.54, 1.807) is 56.9 Å². The van der Waals surface area contributed by atoms with Gasteiger partial charge in [0.2, 0.25) is 11.8 Å². The number of ether oxygens (including phenoxy) is 1. The molecule has 0 unspecified atom stereocenters. The van der Waals surface area contributed by atoms with Gasteiger partial charge in [0.15, 0.2) is 0 Å². The molecule has 3 N–H and O–H groups in total. The Morgan fingerprint density at radius 1 is 0.957 bits per heavy atom. The highest BCUT2D eigenvalue weighted by Crippen LogP contribution is 2.36. The van der Waals surface area contributed by atoms with E-state index in [0.29, 0.717) is 24.2 Å². The first kappa shape index (κ1) is 35.1. The summed E-state index contributed by atoms with van der Waals surface area (Å²) in [5, 5.41) is 16.7.